The van der Waals surface area contributed by atoms with Gasteiger partial charge in [-0.25, -0.2) is 9.59 Å². The van der Waals surface area contributed by atoms with Gasteiger partial charge >= 0.3 is 12.1 Å². The van der Waals surface area contributed by atoms with E-state index in [0.29, 0.717) is 12.8 Å². The first-order valence-electron chi connectivity index (χ1n) is 7.09. The molecule has 0 aromatic heterocycles. The van der Waals surface area contributed by atoms with Gasteiger partial charge in [0, 0.05) is 13.0 Å². The molecule has 118 valence electrons. The lowest BCUT2D eigenvalue weighted by Crippen LogP contribution is -2.47. The molecule has 0 bridgehead atoms. The number of primary amides is 1. The minimum absolute atomic E-state index is 0.0705. The van der Waals surface area contributed by atoms with Gasteiger partial charge in [-0.15, -0.1) is 0 Å². The molecule has 1 saturated heterocycles. The number of hydrogen-bond acceptors (Lipinski definition) is 4. The van der Waals surface area contributed by atoms with E-state index in [1.165, 1.54) is 0 Å². The maximum absolute atomic E-state index is 12.5. The van der Waals surface area contributed by atoms with E-state index in [2.05, 4.69) is 5.32 Å². The maximum atomic E-state index is 12.5. The smallest absolute Gasteiger partial charge is 0.325 e. The van der Waals surface area contributed by atoms with E-state index in [4.69, 9.17) is 5.73 Å². The van der Waals surface area contributed by atoms with Crippen LogP contribution in [0, 0.1) is 0 Å². The first kappa shape index (κ1) is 16.9. The molecule has 21 heavy (non-hydrogen) atoms. The first-order chi connectivity index (χ1) is 9.86. The molecular weight excluding hydrogens is 276 g/mol. The summed E-state index contributed by atoms with van der Waals surface area (Å²) in [6, 6.07) is -1.45. The largest absolute Gasteiger partial charge is 0.351 e. The van der Waals surface area contributed by atoms with Crippen LogP contribution in [0.4, 0.5) is 9.59 Å². The van der Waals surface area contributed by atoms with Crippen molar-refractivity contribution in [2.45, 2.75) is 51.5 Å². The lowest BCUT2D eigenvalue weighted by atomic mass is 9.88. The minimum Gasteiger partial charge on any atom is -0.351 e. The zero-order valence-electron chi connectivity index (χ0n) is 12.4. The summed E-state index contributed by atoms with van der Waals surface area (Å²) in [5.41, 5.74) is 3.96. The third-order valence-corrected chi connectivity index (χ3v) is 3.42. The van der Waals surface area contributed by atoms with Crippen molar-refractivity contribution >= 4 is 23.9 Å². The minimum atomic E-state index is -0.955. The lowest BCUT2D eigenvalue weighted by molar-refractivity contribution is -0.132. The molecular formula is C13H22N4O4. The number of carbonyl (C=O) groups is 4. The summed E-state index contributed by atoms with van der Waals surface area (Å²) >= 11 is 0. The van der Waals surface area contributed by atoms with Crippen molar-refractivity contribution in [3.8, 4) is 0 Å². The fourth-order valence-corrected chi connectivity index (χ4v) is 2.61. The fourth-order valence-electron chi connectivity index (χ4n) is 2.61. The van der Waals surface area contributed by atoms with E-state index < -0.39 is 23.5 Å². The Labute approximate surface area is 123 Å². The van der Waals surface area contributed by atoms with E-state index in [1.807, 2.05) is 19.2 Å². The van der Waals surface area contributed by atoms with Crippen LogP contribution in [0.1, 0.15) is 46.0 Å². The van der Waals surface area contributed by atoms with Crippen LogP contribution in [0.2, 0.25) is 0 Å². The zero-order valence-corrected chi connectivity index (χ0v) is 12.4. The molecule has 1 aliphatic heterocycles. The SMILES string of the molecule is CCCC1(CCC)NC(=O)N(CCC(=O)NC(N)=O)C1=O. The molecule has 1 fully saturated rings. The van der Waals surface area contributed by atoms with Crippen molar-refractivity contribution in [2.24, 2.45) is 5.73 Å². The molecule has 0 aliphatic carbocycles. The Morgan fingerprint density at radius 2 is 1.81 bits per heavy atom. The monoisotopic (exact) mass is 298 g/mol. The Hall–Kier alpha value is -2.12. The molecule has 8 nitrogen and oxygen atoms in total. The van der Waals surface area contributed by atoms with Gasteiger partial charge in [-0.05, 0) is 12.8 Å². The van der Waals surface area contributed by atoms with Gasteiger partial charge in [0.25, 0.3) is 5.91 Å². The third-order valence-electron chi connectivity index (χ3n) is 3.42. The van der Waals surface area contributed by atoms with Gasteiger partial charge in [-0.2, -0.15) is 0 Å². The van der Waals surface area contributed by atoms with Crippen LogP contribution in [0.5, 0.6) is 0 Å². The molecule has 0 radical (unpaired) electrons. The van der Waals surface area contributed by atoms with E-state index in [-0.39, 0.29) is 18.9 Å². The number of nitrogens with zero attached hydrogens (tertiary/aromatic N) is 1. The van der Waals surface area contributed by atoms with E-state index in [0.717, 1.165) is 17.7 Å². The van der Waals surface area contributed by atoms with Gasteiger partial charge in [-0.3, -0.25) is 19.8 Å². The normalized spacial score (nSPS) is 16.8. The first-order valence-corrected chi connectivity index (χ1v) is 7.09. The van der Waals surface area contributed by atoms with E-state index >= 15 is 0 Å². The van der Waals surface area contributed by atoms with Crippen molar-refractivity contribution in [2.75, 3.05) is 6.54 Å². The molecule has 0 atom stereocenters. The summed E-state index contributed by atoms with van der Waals surface area (Å²) in [6.07, 6.45) is 2.51. The Morgan fingerprint density at radius 1 is 1.24 bits per heavy atom. The molecule has 1 rings (SSSR count). The van der Waals surface area contributed by atoms with Crippen LogP contribution >= 0.6 is 0 Å². The summed E-state index contributed by atoms with van der Waals surface area (Å²) < 4.78 is 0. The molecule has 0 aromatic rings. The highest BCUT2D eigenvalue weighted by Crippen LogP contribution is 2.28. The number of imide groups is 2. The standard InChI is InChI=1S/C13H22N4O4/c1-3-6-13(7-4-2)10(19)17(12(21)16-13)8-5-9(18)15-11(14)20/h3-8H2,1-2H3,(H,16,21)(H3,14,15,18,20). The number of urea groups is 2. The summed E-state index contributed by atoms with van der Waals surface area (Å²) in [7, 11) is 0. The molecule has 8 heteroatoms. The van der Waals surface area contributed by atoms with Crippen LogP contribution in [-0.2, 0) is 9.59 Å². The Morgan fingerprint density at radius 3 is 2.29 bits per heavy atom. The van der Waals surface area contributed by atoms with Crippen molar-refractivity contribution in [1.82, 2.24) is 15.5 Å². The summed E-state index contributed by atoms with van der Waals surface area (Å²) in [4.78, 5) is 47.4. The summed E-state index contributed by atoms with van der Waals surface area (Å²) in [6.45, 7) is 3.82. The number of nitrogens with one attached hydrogen (secondary N) is 2. The highest BCUT2D eigenvalue weighted by atomic mass is 16.2. The van der Waals surface area contributed by atoms with E-state index in [1.54, 1.807) is 0 Å². The average molecular weight is 298 g/mol. The Kier molecular flexibility index (Phi) is 5.69. The number of nitrogens with two attached hydrogens (primary N) is 1. The lowest BCUT2D eigenvalue weighted by Gasteiger charge is -2.25. The number of carbonyl (C=O) groups excluding carboxylic acids is 4. The van der Waals surface area contributed by atoms with Crippen molar-refractivity contribution in [3.05, 3.63) is 0 Å². The molecule has 1 heterocycles. The van der Waals surface area contributed by atoms with Crippen LogP contribution < -0.4 is 16.4 Å². The van der Waals surface area contributed by atoms with Crippen LogP contribution in [0.15, 0.2) is 0 Å². The van der Waals surface area contributed by atoms with Crippen molar-refractivity contribution in [3.63, 3.8) is 0 Å². The zero-order chi connectivity index (χ0) is 16.0. The number of amides is 6. The Bertz CT molecular complexity index is 443. The second-order valence-electron chi connectivity index (χ2n) is 5.13. The van der Waals surface area contributed by atoms with Gasteiger partial charge in [-0.1, -0.05) is 26.7 Å². The van der Waals surface area contributed by atoms with Crippen LogP contribution in [-0.4, -0.2) is 40.9 Å². The predicted molar refractivity (Wildman–Crippen MR) is 75.1 cm³/mol. The van der Waals surface area contributed by atoms with Crippen molar-refractivity contribution in [1.29, 1.82) is 0 Å². The summed E-state index contributed by atoms with van der Waals surface area (Å²) in [5, 5.41) is 4.65. The van der Waals surface area contributed by atoms with Gasteiger partial charge in [0.05, 0.1) is 0 Å². The Balaban J connectivity index is 2.72. The van der Waals surface area contributed by atoms with Crippen molar-refractivity contribution < 1.29 is 19.2 Å². The molecule has 4 N–H and O–H groups in total. The summed E-state index contributed by atoms with van der Waals surface area (Å²) in [5.74, 6) is -0.922. The topological polar surface area (TPSA) is 122 Å². The predicted octanol–water partition coefficient (Wildman–Crippen LogP) is 0.462. The quantitative estimate of drug-likeness (QED) is 0.591. The number of rotatable bonds is 7. The van der Waals surface area contributed by atoms with Gasteiger partial charge in [0.1, 0.15) is 5.54 Å². The molecule has 0 unspecified atom stereocenters. The molecule has 1 aliphatic rings. The molecule has 0 aromatic carbocycles. The van der Waals surface area contributed by atoms with Crippen LogP contribution in [0.25, 0.3) is 0 Å². The molecule has 0 saturated carbocycles. The molecule has 6 amide bonds. The highest BCUT2D eigenvalue weighted by molar-refractivity contribution is 6.07. The van der Waals surface area contributed by atoms with Crippen LogP contribution in [0.3, 0.4) is 0 Å². The third kappa shape index (κ3) is 3.93. The second-order valence-corrected chi connectivity index (χ2v) is 5.13. The van der Waals surface area contributed by atoms with Gasteiger partial charge < -0.3 is 11.1 Å². The average Bonchev–Trinajstić information content (AvgIpc) is 2.59. The number of hydrogen-bond donors (Lipinski definition) is 3. The highest BCUT2D eigenvalue weighted by Gasteiger charge is 2.49. The fraction of sp³-hybridized carbons (Fsp3) is 0.692. The van der Waals surface area contributed by atoms with Gasteiger partial charge in [0.15, 0.2) is 0 Å². The second kappa shape index (κ2) is 7.05. The van der Waals surface area contributed by atoms with E-state index in [9.17, 15) is 19.2 Å². The molecule has 0 spiro atoms. The van der Waals surface area contributed by atoms with Gasteiger partial charge in [0.2, 0.25) is 5.91 Å². The maximum Gasteiger partial charge on any atom is 0.325 e.